The molecule has 0 spiro atoms. The van der Waals surface area contributed by atoms with Gasteiger partial charge in [-0.2, -0.15) is 0 Å². The van der Waals surface area contributed by atoms with E-state index in [1.54, 1.807) is 0 Å². The summed E-state index contributed by atoms with van der Waals surface area (Å²) in [7, 11) is 0. The molecule has 0 saturated carbocycles. The summed E-state index contributed by atoms with van der Waals surface area (Å²) < 4.78 is 0. The van der Waals surface area contributed by atoms with Crippen LogP contribution in [-0.2, 0) is 6.42 Å². The van der Waals surface area contributed by atoms with E-state index in [1.165, 1.54) is 16.7 Å². The number of rotatable bonds is 4. The van der Waals surface area contributed by atoms with Gasteiger partial charge in [0.05, 0.1) is 0 Å². The number of benzene rings is 1. The van der Waals surface area contributed by atoms with Crippen LogP contribution in [0.2, 0.25) is 0 Å². The average molecular weight is 277 g/mol. The molecule has 0 radical (unpaired) electrons. The van der Waals surface area contributed by atoms with Gasteiger partial charge in [-0.15, -0.1) is 0 Å². The van der Waals surface area contributed by atoms with Gasteiger partial charge in [-0.1, -0.05) is 38.1 Å². The summed E-state index contributed by atoms with van der Waals surface area (Å²) >= 11 is 0. The van der Waals surface area contributed by atoms with Gasteiger partial charge in [0.25, 0.3) is 0 Å². The van der Waals surface area contributed by atoms with E-state index in [0.717, 1.165) is 17.9 Å². The summed E-state index contributed by atoms with van der Waals surface area (Å²) in [5.41, 5.74) is 4.86. The lowest BCUT2D eigenvalue weighted by Gasteiger charge is -2.04. The molecule has 1 N–H and O–H groups in total. The zero-order valence-corrected chi connectivity index (χ0v) is 12.4. The van der Waals surface area contributed by atoms with E-state index in [9.17, 15) is 0 Å². The summed E-state index contributed by atoms with van der Waals surface area (Å²) in [6, 6.07) is 12.7. The summed E-state index contributed by atoms with van der Waals surface area (Å²) in [6.07, 6.45) is 6.46. The van der Waals surface area contributed by atoms with Crippen LogP contribution in [-0.4, -0.2) is 15.0 Å². The molecule has 3 nitrogen and oxygen atoms in total. The fraction of sp³-hybridized carbons (Fsp3) is 0.222. The lowest BCUT2D eigenvalue weighted by atomic mass is 10.0. The third kappa shape index (κ3) is 3.19. The highest BCUT2D eigenvalue weighted by Crippen LogP contribution is 2.20. The average Bonchev–Trinajstić information content (AvgIpc) is 2.98. The Bertz CT molecular complexity index is 697. The molecule has 0 fully saturated rings. The molecule has 21 heavy (non-hydrogen) atoms. The van der Waals surface area contributed by atoms with Gasteiger partial charge in [0.2, 0.25) is 0 Å². The van der Waals surface area contributed by atoms with Crippen LogP contribution in [0.3, 0.4) is 0 Å². The van der Waals surface area contributed by atoms with Gasteiger partial charge >= 0.3 is 0 Å². The molecule has 0 bridgehead atoms. The van der Waals surface area contributed by atoms with Crippen LogP contribution < -0.4 is 0 Å². The third-order valence-electron chi connectivity index (χ3n) is 3.56. The SMILES string of the molecule is CC(C)c1ncc(Cc2ccc(-c3ccncc3)cc2)[nH]1. The second-order valence-corrected chi connectivity index (χ2v) is 5.56. The molecular weight excluding hydrogens is 258 g/mol. The molecule has 2 heterocycles. The van der Waals surface area contributed by atoms with Crippen molar-refractivity contribution in [2.75, 3.05) is 0 Å². The monoisotopic (exact) mass is 277 g/mol. The zero-order chi connectivity index (χ0) is 14.7. The van der Waals surface area contributed by atoms with Crippen molar-refractivity contribution in [3.8, 4) is 11.1 Å². The topological polar surface area (TPSA) is 41.6 Å². The highest BCUT2D eigenvalue weighted by Gasteiger charge is 2.05. The Labute approximate surface area is 125 Å². The maximum Gasteiger partial charge on any atom is 0.108 e. The van der Waals surface area contributed by atoms with Crippen LogP contribution in [0.1, 0.15) is 36.8 Å². The summed E-state index contributed by atoms with van der Waals surface area (Å²) in [6.45, 7) is 4.29. The first kappa shape index (κ1) is 13.6. The van der Waals surface area contributed by atoms with Crippen molar-refractivity contribution in [3.63, 3.8) is 0 Å². The predicted octanol–water partition coefficient (Wildman–Crippen LogP) is 4.19. The van der Waals surface area contributed by atoms with Gasteiger partial charge in [0.15, 0.2) is 0 Å². The van der Waals surface area contributed by atoms with E-state index in [1.807, 2.05) is 30.7 Å². The van der Waals surface area contributed by atoms with Crippen LogP contribution in [0.5, 0.6) is 0 Å². The van der Waals surface area contributed by atoms with E-state index >= 15 is 0 Å². The van der Waals surface area contributed by atoms with Crippen LogP contribution in [0.4, 0.5) is 0 Å². The first-order chi connectivity index (χ1) is 10.2. The number of aromatic nitrogens is 3. The van der Waals surface area contributed by atoms with Gasteiger partial charge < -0.3 is 4.98 Å². The number of H-pyrrole nitrogens is 1. The Hall–Kier alpha value is -2.42. The minimum atomic E-state index is 0.438. The molecule has 3 aromatic rings. The van der Waals surface area contributed by atoms with Gasteiger partial charge in [-0.3, -0.25) is 4.98 Å². The fourth-order valence-electron chi connectivity index (χ4n) is 2.34. The highest BCUT2D eigenvalue weighted by molar-refractivity contribution is 5.62. The second kappa shape index (κ2) is 5.92. The predicted molar refractivity (Wildman–Crippen MR) is 85.2 cm³/mol. The van der Waals surface area contributed by atoms with Crippen molar-refractivity contribution in [1.29, 1.82) is 0 Å². The molecule has 2 aromatic heterocycles. The molecule has 106 valence electrons. The van der Waals surface area contributed by atoms with Gasteiger partial charge in [0, 0.05) is 36.6 Å². The smallest absolute Gasteiger partial charge is 0.108 e. The van der Waals surface area contributed by atoms with Crippen molar-refractivity contribution in [2.45, 2.75) is 26.2 Å². The third-order valence-corrected chi connectivity index (χ3v) is 3.56. The maximum absolute atomic E-state index is 4.41. The highest BCUT2D eigenvalue weighted by atomic mass is 14.9. The molecule has 0 aliphatic carbocycles. The molecule has 0 amide bonds. The molecule has 0 saturated heterocycles. The first-order valence-electron chi connectivity index (χ1n) is 7.25. The lowest BCUT2D eigenvalue weighted by Crippen LogP contribution is -1.92. The van der Waals surface area contributed by atoms with Crippen LogP contribution in [0, 0.1) is 0 Å². The van der Waals surface area contributed by atoms with E-state index in [2.05, 4.69) is 53.1 Å². The first-order valence-corrected chi connectivity index (χ1v) is 7.25. The number of imidazole rings is 1. The number of nitrogens with zero attached hydrogens (tertiary/aromatic N) is 2. The number of aromatic amines is 1. The summed E-state index contributed by atoms with van der Waals surface area (Å²) in [4.78, 5) is 11.9. The van der Waals surface area contributed by atoms with Gasteiger partial charge in [-0.25, -0.2) is 4.98 Å². The standard InChI is InChI=1S/C18H19N3/c1-13(2)18-20-12-17(21-18)11-14-3-5-15(6-4-14)16-7-9-19-10-8-16/h3-10,12-13H,11H2,1-2H3,(H,20,21). The molecule has 0 atom stereocenters. The van der Waals surface area contributed by atoms with Crippen LogP contribution in [0.15, 0.2) is 55.0 Å². The van der Waals surface area contributed by atoms with Crippen molar-refractivity contribution in [3.05, 3.63) is 72.1 Å². The molecule has 0 aliphatic heterocycles. The lowest BCUT2D eigenvalue weighted by molar-refractivity contribution is 0.790. The Morgan fingerprint density at radius 3 is 2.24 bits per heavy atom. The number of hydrogen-bond acceptors (Lipinski definition) is 2. The van der Waals surface area contributed by atoms with Crippen LogP contribution in [0.25, 0.3) is 11.1 Å². The van der Waals surface area contributed by atoms with Crippen molar-refractivity contribution < 1.29 is 0 Å². The molecule has 0 aliphatic rings. The minimum absolute atomic E-state index is 0.438. The fourth-order valence-corrected chi connectivity index (χ4v) is 2.34. The quantitative estimate of drug-likeness (QED) is 0.777. The maximum atomic E-state index is 4.41. The molecule has 0 unspecified atom stereocenters. The van der Waals surface area contributed by atoms with Crippen molar-refractivity contribution in [2.24, 2.45) is 0 Å². The van der Waals surface area contributed by atoms with Crippen molar-refractivity contribution in [1.82, 2.24) is 15.0 Å². The number of pyridine rings is 1. The summed E-state index contributed by atoms with van der Waals surface area (Å²) in [5.74, 6) is 1.49. The Balaban J connectivity index is 1.75. The van der Waals surface area contributed by atoms with Gasteiger partial charge in [-0.05, 0) is 28.8 Å². The zero-order valence-electron chi connectivity index (χ0n) is 12.4. The van der Waals surface area contributed by atoms with E-state index < -0.39 is 0 Å². The Morgan fingerprint density at radius 1 is 0.952 bits per heavy atom. The van der Waals surface area contributed by atoms with Gasteiger partial charge in [0.1, 0.15) is 5.82 Å². The van der Waals surface area contributed by atoms with E-state index in [4.69, 9.17) is 0 Å². The number of nitrogens with one attached hydrogen (secondary N) is 1. The molecule has 3 heteroatoms. The second-order valence-electron chi connectivity index (χ2n) is 5.56. The minimum Gasteiger partial charge on any atom is -0.345 e. The number of hydrogen-bond donors (Lipinski definition) is 1. The normalized spacial score (nSPS) is 11.0. The largest absolute Gasteiger partial charge is 0.345 e. The van der Waals surface area contributed by atoms with E-state index in [0.29, 0.717) is 5.92 Å². The Kier molecular flexibility index (Phi) is 3.82. The molecule has 3 rings (SSSR count). The molecule has 1 aromatic carbocycles. The molecular formula is C18H19N3. The van der Waals surface area contributed by atoms with E-state index in [-0.39, 0.29) is 0 Å². The Morgan fingerprint density at radius 2 is 1.62 bits per heavy atom. The summed E-state index contributed by atoms with van der Waals surface area (Å²) in [5, 5.41) is 0. The van der Waals surface area contributed by atoms with Crippen LogP contribution >= 0.6 is 0 Å². The van der Waals surface area contributed by atoms with Crippen molar-refractivity contribution >= 4 is 0 Å².